The first-order chi connectivity index (χ1) is 14.3. The summed E-state index contributed by atoms with van der Waals surface area (Å²) in [5.41, 5.74) is 1.64. The second kappa shape index (κ2) is 10.3. The SMILES string of the molecule is CS(=O)(=O)C1CCCC(NC(=O)NCc2cccc(NC(=O)C3CCCCC3)c2)C1. The van der Waals surface area contributed by atoms with Crippen LogP contribution in [-0.4, -0.2) is 37.9 Å². The number of rotatable bonds is 6. The Bertz CT molecular complexity index is 850. The Balaban J connectivity index is 1.46. The number of anilines is 1. The zero-order valence-corrected chi connectivity index (χ0v) is 18.5. The van der Waals surface area contributed by atoms with E-state index in [1.54, 1.807) is 0 Å². The zero-order valence-electron chi connectivity index (χ0n) is 17.7. The Hall–Kier alpha value is -2.09. The first kappa shape index (κ1) is 22.6. The van der Waals surface area contributed by atoms with Gasteiger partial charge in [0.1, 0.15) is 9.84 Å². The number of benzene rings is 1. The molecule has 0 spiro atoms. The zero-order chi connectivity index (χ0) is 21.6. The Morgan fingerprint density at radius 3 is 2.53 bits per heavy atom. The van der Waals surface area contributed by atoms with Crippen molar-refractivity contribution in [3.05, 3.63) is 29.8 Å². The van der Waals surface area contributed by atoms with Crippen molar-refractivity contribution in [3.8, 4) is 0 Å². The molecule has 0 saturated heterocycles. The quantitative estimate of drug-likeness (QED) is 0.637. The van der Waals surface area contributed by atoms with Gasteiger partial charge in [0, 0.05) is 30.4 Å². The van der Waals surface area contributed by atoms with Crippen molar-refractivity contribution in [2.24, 2.45) is 5.92 Å². The lowest BCUT2D eigenvalue weighted by atomic mass is 9.88. The number of sulfone groups is 1. The summed E-state index contributed by atoms with van der Waals surface area (Å²) in [6, 6.07) is 7.07. The molecule has 2 aliphatic rings. The van der Waals surface area contributed by atoms with Gasteiger partial charge in [-0.3, -0.25) is 4.79 Å². The predicted molar refractivity (Wildman–Crippen MR) is 118 cm³/mol. The Morgan fingerprint density at radius 1 is 1.03 bits per heavy atom. The van der Waals surface area contributed by atoms with Crippen LogP contribution >= 0.6 is 0 Å². The van der Waals surface area contributed by atoms with E-state index in [-0.39, 0.29) is 29.1 Å². The van der Waals surface area contributed by atoms with Gasteiger partial charge in [0.2, 0.25) is 5.91 Å². The molecule has 30 heavy (non-hydrogen) atoms. The molecule has 0 aliphatic heterocycles. The van der Waals surface area contributed by atoms with Crippen molar-refractivity contribution in [2.75, 3.05) is 11.6 Å². The molecule has 0 heterocycles. The summed E-state index contributed by atoms with van der Waals surface area (Å²) in [4.78, 5) is 24.7. The van der Waals surface area contributed by atoms with Crippen LogP contribution in [0.4, 0.5) is 10.5 Å². The van der Waals surface area contributed by atoms with Crippen LogP contribution in [0.25, 0.3) is 0 Å². The van der Waals surface area contributed by atoms with Crippen LogP contribution in [0.3, 0.4) is 0 Å². The number of carbonyl (C=O) groups excluding carboxylic acids is 2. The highest BCUT2D eigenvalue weighted by molar-refractivity contribution is 7.91. The minimum Gasteiger partial charge on any atom is -0.335 e. The molecule has 0 aromatic heterocycles. The molecule has 3 amide bonds. The van der Waals surface area contributed by atoms with Gasteiger partial charge < -0.3 is 16.0 Å². The minimum atomic E-state index is -3.08. The van der Waals surface area contributed by atoms with Gasteiger partial charge in [-0.15, -0.1) is 0 Å². The third-order valence-corrected chi connectivity index (χ3v) is 7.83. The molecule has 1 aromatic carbocycles. The van der Waals surface area contributed by atoms with Crippen molar-refractivity contribution in [2.45, 2.75) is 75.6 Å². The van der Waals surface area contributed by atoms with E-state index in [2.05, 4.69) is 16.0 Å². The summed E-state index contributed by atoms with van der Waals surface area (Å²) in [6.45, 7) is 0.335. The molecule has 166 valence electrons. The summed E-state index contributed by atoms with van der Waals surface area (Å²) < 4.78 is 23.6. The first-order valence-corrected chi connectivity index (χ1v) is 12.9. The second-order valence-electron chi connectivity index (χ2n) is 8.67. The number of amides is 3. The summed E-state index contributed by atoms with van der Waals surface area (Å²) >= 11 is 0. The van der Waals surface area contributed by atoms with Crippen LogP contribution in [0.15, 0.2) is 24.3 Å². The average Bonchev–Trinajstić information content (AvgIpc) is 2.73. The molecule has 2 saturated carbocycles. The van der Waals surface area contributed by atoms with E-state index in [1.807, 2.05) is 24.3 Å². The van der Waals surface area contributed by atoms with Gasteiger partial charge in [0.25, 0.3) is 0 Å². The smallest absolute Gasteiger partial charge is 0.315 e. The van der Waals surface area contributed by atoms with Crippen LogP contribution in [0, 0.1) is 5.92 Å². The van der Waals surface area contributed by atoms with Gasteiger partial charge >= 0.3 is 6.03 Å². The Kier molecular flexibility index (Phi) is 7.75. The molecule has 3 N–H and O–H groups in total. The molecule has 2 fully saturated rings. The van der Waals surface area contributed by atoms with Crippen molar-refractivity contribution < 1.29 is 18.0 Å². The van der Waals surface area contributed by atoms with Crippen molar-refractivity contribution in [1.82, 2.24) is 10.6 Å². The monoisotopic (exact) mass is 435 g/mol. The van der Waals surface area contributed by atoms with Gasteiger partial charge in [-0.05, 0) is 49.8 Å². The number of carbonyl (C=O) groups is 2. The highest BCUT2D eigenvalue weighted by atomic mass is 32.2. The number of urea groups is 1. The lowest BCUT2D eigenvalue weighted by Crippen LogP contribution is -2.45. The van der Waals surface area contributed by atoms with Gasteiger partial charge in [0.15, 0.2) is 0 Å². The average molecular weight is 436 g/mol. The highest BCUT2D eigenvalue weighted by Gasteiger charge is 2.29. The normalized spacial score (nSPS) is 22.8. The summed E-state index contributed by atoms with van der Waals surface area (Å²) in [7, 11) is -3.08. The van der Waals surface area contributed by atoms with Crippen LogP contribution in [0.1, 0.15) is 63.4 Å². The van der Waals surface area contributed by atoms with Crippen LogP contribution < -0.4 is 16.0 Å². The minimum absolute atomic E-state index is 0.0790. The molecule has 0 bridgehead atoms. The molecular formula is C22H33N3O4S. The van der Waals surface area contributed by atoms with Gasteiger partial charge in [-0.1, -0.05) is 37.8 Å². The molecule has 2 atom stereocenters. The Labute approximate surface area is 179 Å². The molecule has 2 aliphatic carbocycles. The van der Waals surface area contributed by atoms with Gasteiger partial charge in [0.05, 0.1) is 5.25 Å². The standard InChI is InChI=1S/C22H33N3O4S/c1-30(28,29)20-12-6-11-19(14-20)25-22(27)23-15-16-7-5-10-18(13-16)24-21(26)17-8-3-2-4-9-17/h5,7,10,13,17,19-20H,2-4,6,8-9,11-12,14-15H2,1H3,(H,24,26)(H2,23,25,27). The second-order valence-corrected chi connectivity index (χ2v) is 11.0. The van der Waals surface area contributed by atoms with E-state index >= 15 is 0 Å². The van der Waals surface area contributed by atoms with Crippen molar-refractivity contribution in [1.29, 1.82) is 0 Å². The number of nitrogens with one attached hydrogen (secondary N) is 3. The summed E-state index contributed by atoms with van der Waals surface area (Å²) in [6.07, 6.45) is 9.33. The van der Waals surface area contributed by atoms with E-state index in [4.69, 9.17) is 0 Å². The Morgan fingerprint density at radius 2 is 1.80 bits per heavy atom. The third kappa shape index (κ3) is 6.72. The molecule has 8 heteroatoms. The van der Waals surface area contributed by atoms with E-state index in [1.165, 1.54) is 12.7 Å². The van der Waals surface area contributed by atoms with Crippen molar-refractivity contribution >= 4 is 27.5 Å². The number of hydrogen-bond acceptors (Lipinski definition) is 4. The maximum absolute atomic E-state index is 12.4. The van der Waals surface area contributed by atoms with Gasteiger partial charge in [-0.2, -0.15) is 0 Å². The maximum Gasteiger partial charge on any atom is 0.315 e. The van der Waals surface area contributed by atoms with Crippen LogP contribution in [-0.2, 0) is 21.2 Å². The van der Waals surface area contributed by atoms with Gasteiger partial charge in [-0.25, -0.2) is 13.2 Å². The third-order valence-electron chi connectivity index (χ3n) is 6.19. The number of hydrogen-bond donors (Lipinski definition) is 3. The fourth-order valence-electron chi connectivity index (χ4n) is 4.45. The first-order valence-electron chi connectivity index (χ1n) is 10.9. The summed E-state index contributed by atoms with van der Waals surface area (Å²) in [5, 5.41) is 8.35. The maximum atomic E-state index is 12.4. The molecule has 2 unspecified atom stereocenters. The molecular weight excluding hydrogens is 402 g/mol. The van der Waals surface area contributed by atoms with Crippen LogP contribution in [0.2, 0.25) is 0 Å². The fourth-order valence-corrected chi connectivity index (χ4v) is 5.63. The molecule has 7 nitrogen and oxygen atoms in total. The summed E-state index contributed by atoms with van der Waals surface area (Å²) in [5.74, 6) is 0.174. The lowest BCUT2D eigenvalue weighted by Gasteiger charge is -2.28. The lowest BCUT2D eigenvalue weighted by molar-refractivity contribution is -0.120. The van der Waals surface area contributed by atoms with E-state index in [0.717, 1.165) is 49.8 Å². The van der Waals surface area contributed by atoms with Crippen molar-refractivity contribution in [3.63, 3.8) is 0 Å². The van der Waals surface area contributed by atoms with E-state index < -0.39 is 9.84 Å². The molecule has 1 aromatic rings. The topological polar surface area (TPSA) is 104 Å². The van der Waals surface area contributed by atoms with Crippen LogP contribution in [0.5, 0.6) is 0 Å². The predicted octanol–water partition coefficient (Wildman–Crippen LogP) is 3.36. The molecule has 3 rings (SSSR count). The highest BCUT2D eigenvalue weighted by Crippen LogP contribution is 2.25. The van der Waals surface area contributed by atoms with E-state index in [9.17, 15) is 18.0 Å². The largest absolute Gasteiger partial charge is 0.335 e. The fraction of sp³-hybridized carbons (Fsp3) is 0.636. The van der Waals surface area contributed by atoms with E-state index in [0.29, 0.717) is 19.4 Å². The molecule has 0 radical (unpaired) electrons.